The summed E-state index contributed by atoms with van der Waals surface area (Å²) >= 11 is 0. The van der Waals surface area contributed by atoms with Crippen molar-refractivity contribution in [2.45, 2.75) is 53.2 Å². The van der Waals surface area contributed by atoms with Crippen LogP contribution in [-0.4, -0.2) is 33.9 Å². The lowest BCUT2D eigenvalue weighted by Gasteiger charge is -2.13. The Balaban J connectivity index is 1.67. The number of benzene rings is 1. The molecule has 7 nitrogen and oxygen atoms in total. The summed E-state index contributed by atoms with van der Waals surface area (Å²) in [4.78, 5) is 4.71. The van der Waals surface area contributed by atoms with Crippen LogP contribution in [0.5, 0.6) is 5.75 Å². The molecule has 2 aromatic rings. The van der Waals surface area contributed by atoms with E-state index in [1.54, 1.807) is 0 Å². The van der Waals surface area contributed by atoms with Gasteiger partial charge in [0.15, 0.2) is 11.8 Å². The predicted molar refractivity (Wildman–Crippen MR) is 102 cm³/mol. The van der Waals surface area contributed by atoms with Crippen LogP contribution in [0.15, 0.2) is 23.2 Å². The van der Waals surface area contributed by atoms with Gasteiger partial charge in [-0.2, -0.15) is 0 Å². The fraction of sp³-hybridized carbons (Fsp3) is 0.526. The van der Waals surface area contributed by atoms with E-state index < -0.39 is 0 Å². The van der Waals surface area contributed by atoms with Crippen molar-refractivity contribution >= 4 is 5.96 Å². The minimum atomic E-state index is 0.558. The fourth-order valence-electron chi connectivity index (χ4n) is 3.09. The molecular weight excluding hydrogens is 328 g/mol. The van der Waals surface area contributed by atoms with Crippen molar-refractivity contribution in [1.29, 1.82) is 0 Å². The second-order valence-electron chi connectivity index (χ2n) is 6.38. The molecule has 0 amide bonds. The zero-order chi connectivity index (χ0) is 18.4. The van der Waals surface area contributed by atoms with Gasteiger partial charge in [-0.05, 0) is 38.8 Å². The molecule has 0 bridgehead atoms. The number of aliphatic imine (C=N–C) groups is 1. The van der Waals surface area contributed by atoms with Gasteiger partial charge in [-0.1, -0.05) is 12.1 Å². The standard InChI is InChI=1S/C19H28N6O/c1-4-20-19(22-13-18-24-23-17-7-6-10-25(17)18)21-12-15-9-8-14(3)11-16(15)26-5-2/h8-9,11H,4-7,10,12-13H2,1-3H3,(H2,20,21,22). The first kappa shape index (κ1) is 18.2. The van der Waals surface area contributed by atoms with Crippen LogP contribution < -0.4 is 15.4 Å². The molecule has 26 heavy (non-hydrogen) atoms. The first-order valence-electron chi connectivity index (χ1n) is 9.36. The number of nitrogens with one attached hydrogen (secondary N) is 2. The third-order valence-corrected chi connectivity index (χ3v) is 4.37. The van der Waals surface area contributed by atoms with Crippen LogP contribution >= 0.6 is 0 Å². The molecule has 1 aliphatic heterocycles. The highest BCUT2D eigenvalue weighted by molar-refractivity contribution is 5.79. The maximum Gasteiger partial charge on any atom is 0.191 e. The number of aromatic nitrogens is 3. The summed E-state index contributed by atoms with van der Waals surface area (Å²) in [6.45, 7) is 9.76. The molecule has 1 aliphatic rings. The van der Waals surface area contributed by atoms with Crippen LogP contribution in [0.1, 0.15) is 43.0 Å². The molecule has 140 valence electrons. The van der Waals surface area contributed by atoms with Gasteiger partial charge in [-0.15, -0.1) is 10.2 Å². The van der Waals surface area contributed by atoms with E-state index >= 15 is 0 Å². The Hall–Kier alpha value is -2.57. The summed E-state index contributed by atoms with van der Waals surface area (Å²) in [6, 6.07) is 6.24. The van der Waals surface area contributed by atoms with E-state index in [-0.39, 0.29) is 0 Å². The first-order valence-corrected chi connectivity index (χ1v) is 9.36. The second-order valence-corrected chi connectivity index (χ2v) is 6.38. The number of fused-ring (bicyclic) bond motifs is 1. The zero-order valence-corrected chi connectivity index (χ0v) is 15.9. The van der Waals surface area contributed by atoms with E-state index in [1.807, 2.05) is 6.92 Å². The fourth-order valence-corrected chi connectivity index (χ4v) is 3.09. The minimum Gasteiger partial charge on any atom is -0.494 e. The highest BCUT2D eigenvalue weighted by atomic mass is 16.5. The normalized spacial score (nSPS) is 13.6. The Morgan fingerprint density at radius 1 is 1.27 bits per heavy atom. The van der Waals surface area contributed by atoms with Crippen molar-refractivity contribution in [3.05, 3.63) is 41.0 Å². The van der Waals surface area contributed by atoms with Crippen molar-refractivity contribution in [1.82, 2.24) is 25.4 Å². The van der Waals surface area contributed by atoms with Gasteiger partial charge in [0.25, 0.3) is 0 Å². The monoisotopic (exact) mass is 356 g/mol. The van der Waals surface area contributed by atoms with Gasteiger partial charge in [-0.25, -0.2) is 4.99 Å². The molecule has 0 unspecified atom stereocenters. The van der Waals surface area contributed by atoms with Crippen molar-refractivity contribution in [3.8, 4) is 5.75 Å². The van der Waals surface area contributed by atoms with Gasteiger partial charge in [-0.3, -0.25) is 0 Å². The van der Waals surface area contributed by atoms with Crippen LogP contribution in [0.4, 0.5) is 0 Å². The molecule has 0 saturated heterocycles. The van der Waals surface area contributed by atoms with Crippen molar-refractivity contribution in [2.24, 2.45) is 4.99 Å². The van der Waals surface area contributed by atoms with E-state index in [1.165, 1.54) is 5.56 Å². The number of rotatable bonds is 7. The SMILES string of the molecule is CCNC(=NCc1ccc(C)cc1OCC)NCc1nnc2n1CCC2. The highest BCUT2D eigenvalue weighted by Crippen LogP contribution is 2.21. The molecule has 0 aliphatic carbocycles. The van der Waals surface area contributed by atoms with Gasteiger partial charge < -0.3 is 19.9 Å². The molecule has 0 spiro atoms. The average molecular weight is 356 g/mol. The second kappa shape index (κ2) is 8.69. The molecule has 3 rings (SSSR count). The summed E-state index contributed by atoms with van der Waals surface area (Å²) in [5.74, 6) is 3.73. The summed E-state index contributed by atoms with van der Waals surface area (Å²) in [5, 5.41) is 15.2. The topological polar surface area (TPSA) is 76.4 Å². The lowest BCUT2D eigenvalue weighted by Crippen LogP contribution is -2.37. The lowest BCUT2D eigenvalue weighted by atomic mass is 10.1. The number of aryl methyl sites for hydroxylation is 2. The number of guanidine groups is 1. The molecule has 0 saturated carbocycles. The van der Waals surface area contributed by atoms with Crippen LogP contribution in [0.25, 0.3) is 0 Å². The van der Waals surface area contributed by atoms with Crippen LogP contribution in [0.2, 0.25) is 0 Å². The van der Waals surface area contributed by atoms with E-state index in [9.17, 15) is 0 Å². The number of hydrogen-bond acceptors (Lipinski definition) is 4. The number of nitrogens with zero attached hydrogens (tertiary/aromatic N) is 4. The van der Waals surface area contributed by atoms with Crippen molar-refractivity contribution in [3.63, 3.8) is 0 Å². The molecule has 0 radical (unpaired) electrons. The largest absolute Gasteiger partial charge is 0.494 e. The quantitative estimate of drug-likeness (QED) is 0.587. The van der Waals surface area contributed by atoms with E-state index in [0.29, 0.717) is 19.7 Å². The van der Waals surface area contributed by atoms with Crippen LogP contribution in [0, 0.1) is 6.92 Å². The third-order valence-electron chi connectivity index (χ3n) is 4.37. The first-order chi connectivity index (χ1) is 12.7. The summed E-state index contributed by atoms with van der Waals surface area (Å²) in [6.07, 6.45) is 2.18. The summed E-state index contributed by atoms with van der Waals surface area (Å²) in [7, 11) is 0. The van der Waals surface area contributed by atoms with Gasteiger partial charge in [0.05, 0.1) is 19.7 Å². The van der Waals surface area contributed by atoms with Gasteiger partial charge in [0.1, 0.15) is 11.6 Å². The van der Waals surface area contributed by atoms with E-state index in [4.69, 9.17) is 9.73 Å². The third kappa shape index (κ3) is 4.33. The zero-order valence-electron chi connectivity index (χ0n) is 15.9. The Morgan fingerprint density at radius 3 is 2.96 bits per heavy atom. The number of ether oxygens (including phenoxy) is 1. The smallest absolute Gasteiger partial charge is 0.191 e. The summed E-state index contributed by atoms with van der Waals surface area (Å²) < 4.78 is 7.95. The molecule has 7 heteroatoms. The molecule has 1 aromatic heterocycles. The maximum atomic E-state index is 5.75. The molecule has 2 heterocycles. The molecule has 0 atom stereocenters. The van der Waals surface area contributed by atoms with Crippen molar-refractivity contribution in [2.75, 3.05) is 13.2 Å². The molecular formula is C19H28N6O. The Morgan fingerprint density at radius 2 is 2.15 bits per heavy atom. The van der Waals surface area contributed by atoms with E-state index in [0.717, 1.165) is 54.9 Å². The van der Waals surface area contributed by atoms with Gasteiger partial charge >= 0.3 is 0 Å². The van der Waals surface area contributed by atoms with Gasteiger partial charge in [0, 0.05) is 25.1 Å². The number of hydrogen-bond donors (Lipinski definition) is 2. The van der Waals surface area contributed by atoms with E-state index in [2.05, 4.69) is 57.4 Å². The average Bonchev–Trinajstić information content (AvgIpc) is 3.23. The van der Waals surface area contributed by atoms with Gasteiger partial charge in [0.2, 0.25) is 0 Å². The molecule has 2 N–H and O–H groups in total. The Kier molecular flexibility index (Phi) is 6.09. The summed E-state index contributed by atoms with van der Waals surface area (Å²) in [5.41, 5.74) is 2.27. The molecule has 1 aromatic carbocycles. The minimum absolute atomic E-state index is 0.558. The lowest BCUT2D eigenvalue weighted by molar-refractivity contribution is 0.336. The van der Waals surface area contributed by atoms with Crippen LogP contribution in [-0.2, 0) is 26.1 Å². The predicted octanol–water partition coefficient (Wildman–Crippen LogP) is 2.19. The Bertz CT molecular complexity index is 767. The molecule has 0 fully saturated rings. The van der Waals surface area contributed by atoms with Crippen molar-refractivity contribution < 1.29 is 4.74 Å². The Labute approximate surface area is 154 Å². The highest BCUT2D eigenvalue weighted by Gasteiger charge is 2.17. The van der Waals surface area contributed by atoms with Crippen LogP contribution in [0.3, 0.4) is 0 Å². The maximum absolute atomic E-state index is 5.75.